The average molecular weight is 182 g/mol. The summed E-state index contributed by atoms with van der Waals surface area (Å²) < 4.78 is 0. The number of aromatic nitrogens is 2. The fourth-order valence-corrected chi connectivity index (χ4v) is 0.279. The van der Waals surface area contributed by atoms with Gasteiger partial charge in [-0.1, -0.05) is 0 Å². The van der Waals surface area contributed by atoms with E-state index in [2.05, 4.69) is 16.4 Å². The van der Waals surface area contributed by atoms with Crippen LogP contribution in [0.3, 0.4) is 0 Å². The molecule has 0 fully saturated rings. The van der Waals surface area contributed by atoms with Crippen molar-refractivity contribution in [2.75, 3.05) is 0 Å². The second kappa shape index (κ2) is 3.25. The predicted molar refractivity (Wildman–Crippen MR) is 25.6 cm³/mol. The van der Waals surface area contributed by atoms with Gasteiger partial charge in [0.2, 0.25) is 0 Å². The van der Waals surface area contributed by atoms with Crippen molar-refractivity contribution in [2.24, 2.45) is 0 Å². The van der Waals surface area contributed by atoms with Gasteiger partial charge in [-0.15, -0.1) is 0 Å². The number of nitrogens with one attached hydrogen (secondary N) is 2. The first-order chi connectivity index (χ1) is 3.30. The third-order valence-electron chi connectivity index (χ3n) is 0.618. The zero-order chi connectivity index (χ0) is 5.28. The molecule has 0 aliphatic carbocycles. The number of H-pyrrole nitrogens is 2. The Hall–Kier alpha value is 0.179. The summed E-state index contributed by atoms with van der Waals surface area (Å²) in [5.41, 5.74) is -0.222. The van der Waals surface area contributed by atoms with Gasteiger partial charge in [-0.25, -0.2) is 0 Å². The first-order valence-electron chi connectivity index (χ1n) is 1.74. The van der Waals surface area contributed by atoms with E-state index in [4.69, 9.17) is 7.85 Å². The SMILES string of the molecule is [B]c1[c-][nH][nH]c1=O.[Y]. The topological polar surface area (TPSA) is 48.6 Å². The van der Waals surface area contributed by atoms with Crippen LogP contribution in [0.5, 0.6) is 0 Å². The van der Waals surface area contributed by atoms with E-state index in [0.29, 0.717) is 0 Å². The predicted octanol–water partition coefficient (Wildman–Crippen LogP) is -1.71. The molecule has 37 valence electrons. The van der Waals surface area contributed by atoms with Crippen LogP contribution in [0.1, 0.15) is 0 Å². The Labute approximate surface area is 72.5 Å². The summed E-state index contributed by atoms with van der Waals surface area (Å²) in [6, 6.07) is 0. The minimum Gasteiger partial charge on any atom is -0.409 e. The van der Waals surface area contributed by atoms with Crippen LogP contribution in [0, 0.1) is 6.20 Å². The smallest absolute Gasteiger partial charge is 0.0969 e. The van der Waals surface area contributed by atoms with E-state index in [-0.39, 0.29) is 43.7 Å². The summed E-state index contributed by atoms with van der Waals surface area (Å²) in [4.78, 5) is 10.2. The Bertz CT molecular complexity index is 205. The molecule has 3 radical (unpaired) electrons. The van der Waals surface area contributed by atoms with E-state index in [0.717, 1.165) is 0 Å². The van der Waals surface area contributed by atoms with Crippen LogP contribution in [-0.2, 0) is 32.7 Å². The molecule has 0 aliphatic rings. The van der Waals surface area contributed by atoms with Crippen molar-refractivity contribution in [2.45, 2.75) is 0 Å². The van der Waals surface area contributed by atoms with E-state index in [9.17, 15) is 4.79 Å². The van der Waals surface area contributed by atoms with E-state index in [1.807, 2.05) is 0 Å². The first kappa shape index (κ1) is 8.18. The van der Waals surface area contributed by atoms with Crippen molar-refractivity contribution < 1.29 is 32.7 Å². The monoisotopic (exact) mass is 182 g/mol. The van der Waals surface area contributed by atoms with Gasteiger partial charge >= 0.3 is 0 Å². The molecule has 0 bridgehead atoms. The second-order valence-corrected chi connectivity index (χ2v) is 1.12. The standard InChI is InChI=1S/C3H2BN2O.Y/c4-2-1-5-6-3(2)7;/h(H2,5,6,7);/q-1;. The van der Waals surface area contributed by atoms with Gasteiger partial charge in [0.15, 0.2) is 0 Å². The normalized spacial score (nSPS) is 8.00. The largest absolute Gasteiger partial charge is 0.409 e. The maximum atomic E-state index is 10.2. The Morgan fingerprint density at radius 2 is 2.25 bits per heavy atom. The number of hydrogen-bond donors (Lipinski definition) is 2. The molecular weight excluding hydrogens is 180 g/mol. The van der Waals surface area contributed by atoms with Gasteiger partial charge < -0.3 is 15.0 Å². The van der Waals surface area contributed by atoms with E-state index in [1.54, 1.807) is 0 Å². The summed E-state index contributed by atoms with van der Waals surface area (Å²) >= 11 is 0. The van der Waals surface area contributed by atoms with Gasteiger partial charge in [0, 0.05) is 32.7 Å². The Kier molecular flexibility index (Phi) is 3.33. The molecule has 8 heavy (non-hydrogen) atoms. The van der Waals surface area contributed by atoms with Gasteiger partial charge in [0.05, 0.1) is 13.4 Å². The zero-order valence-electron chi connectivity index (χ0n) is 4.06. The van der Waals surface area contributed by atoms with E-state index in [1.165, 1.54) is 0 Å². The fourth-order valence-electron chi connectivity index (χ4n) is 0.279. The van der Waals surface area contributed by atoms with Gasteiger partial charge in [-0.05, 0) is 0 Å². The molecule has 0 spiro atoms. The summed E-state index contributed by atoms with van der Waals surface area (Å²) in [5, 5.41) is 4.52. The first-order valence-corrected chi connectivity index (χ1v) is 1.74. The molecule has 1 rings (SSSR count). The molecule has 0 saturated carbocycles. The van der Waals surface area contributed by atoms with Crippen molar-refractivity contribution in [3.8, 4) is 0 Å². The third kappa shape index (κ3) is 1.60. The van der Waals surface area contributed by atoms with Crippen LogP contribution in [0.2, 0.25) is 0 Å². The molecule has 1 heterocycles. The zero-order valence-corrected chi connectivity index (χ0v) is 6.90. The van der Waals surface area contributed by atoms with Crippen LogP contribution in [-0.4, -0.2) is 18.0 Å². The Morgan fingerprint density at radius 3 is 2.38 bits per heavy atom. The van der Waals surface area contributed by atoms with Gasteiger partial charge in [0.25, 0.3) is 0 Å². The molecule has 1 aromatic rings. The van der Waals surface area contributed by atoms with Gasteiger partial charge in [-0.2, -0.15) is 11.7 Å². The van der Waals surface area contributed by atoms with Crippen LogP contribution >= 0.6 is 0 Å². The molecule has 0 unspecified atom stereocenters. The summed E-state index contributed by atoms with van der Waals surface area (Å²) in [6.07, 6.45) is 2.35. The Balaban J connectivity index is 0.000000490. The second-order valence-electron chi connectivity index (χ2n) is 1.12. The summed E-state index contributed by atoms with van der Waals surface area (Å²) in [5.74, 6) is 0. The molecule has 2 N–H and O–H groups in total. The minimum absolute atomic E-state index is 0. The molecule has 3 nitrogen and oxygen atoms in total. The van der Waals surface area contributed by atoms with Crippen molar-refractivity contribution in [1.29, 1.82) is 0 Å². The molecule has 0 saturated heterocycles. The summed E-state index contributed by atoms with van der Waals surface area (Å²) in [6.45, 7) is 0. The molecule has 1 aromatic heterocycles. The molecular formula is C3H2BN2OY-. The fraction of sp³-hybridized carbons (Fsp3) is 0. The molecule has 0 atom stereocenters. The number of hydrogen-bond acceptors (Lipinski definition) is 1. The van der Waals surface area contributed by atoms with E-state index >= 15 is 0 Å². The van der Waals surface area contributed by atoms with E-state index < -0.39 is 0 Å². The molecule has 0 aliphatic heterocycles. The van der Waals surface area contributed by atoms with Crippen molar-refractivity contribution >= 4 is 13.3 Å². The van der Waals surface area contributed by atoms with Crippen molar-refractivity contribution in [1.82, 2.24) is 10.2 Å². The van der Waals surface area contributed by atoms with Crippen LogP contribution in [0.15, 0.2) is 4.79 Å². The van der Waals surface area contributed by atoms with Crippen molar-refractivity contribution in [3.63, 3.8) is 0 Å². The van der Waals surface area contributed by atoms with Crippen LogP contribution in [0.4, 0.5) is 0 Å². The maximum absolute atomic E-state index is 10.2. The number of rotatable bonds is 0. The van der Waals surface area contributed by atoms with Gasteiger partial charge in [-0.3, -0.25) is 0 Å². The molecule has 0 aromatic carbocycles. The maximum Gasteiger partial charge on any atom is 0.0969 e. The average Bonchev–Trinajstić information content (AvgIpc) is 1.91. The van der Waals surface area contributed by atoms with Gasteiger partial charge in [0.1, 0.15) is 0 Å². The van der Waals surface area contributed by atoms with Crippen molar-refractivity contribution in [3.05, 3.63) is 16.6 Å². The number of aromatic amines is 2. The molecule has 5 heteroatoms. The minimum atomic E-state index is -0.319. The third-order valence-corrected chi connectivity index (χ3v) is 0.618. The van der Waals surface area contributed by atoms with Crippen LogP contribution < -0.4 is 11.0 Å². The summed E-state index contributed by atoms with van der Waals surface area (Å²) in [7, 11) is 5.01. The van der Waals surface area contributed by atoms with Crippen LogP contribution in [0.25, 0.3) is 0 Å². The molecule has 0 amide bonds. The quantitative estimate of drug-likeness (QED) is 0.364. The Morgan fingerprint density at radius 1 is 1.62 bits per heavy atom.